The van der Waals surface area contributed by atoms with E-state index in [1.165, 1.54) is 0 Å². The van der Waals surface area contributed by atoms with Crippen LogP contribution in [0.3, 0.4) is 0 Å². The van der Waals surface area contributed by atoms with Gasteiger partial charge in [0, 0.05) is 24.5 Å². The molecule has 0 heterocycles. The fraction of sp³-hybridized carbons (Fsp3) is 0.222. The van der Waals surface area contributed by atoms with E-state index < -0.39 is 0 Å². The molecular formula is C18H20N2PbS4. The minimum Gasteiger partial charge on any atom is -0.411 e. The molecule has 0 spiro atoms. The Morgan fingerprint density at radius 1 is 0.720 bits per heavy atom. The normalized spacial score (nSPS) is 9.04. The quantitative estimate of drug-likeness (QED) is 0.292. The molecule has 2 aromatic carbocycles. The van der Waals surface area contributed by atoms with Crippen molar-refractivity contribution >= 4 is 97.0 Å². The smallest absolute Gasteiger partial charge is 0.411 e. The van der Waals surface area contributed by atoms with E-state index in [0.29, 0.717) is 8.64 Å². The van der Waals surface area contributed by atoms with Gasteiger partial charge in [0.05, 0.1) is 0 Å². The topological polar surface area (TPSA) is 6.48 Å². The molecule has 0 amide bonds. The predicted molar refractivity (Wildman–Crippen MR) is 125 cm³/mol. The minimum absolute atomic E-state index is 0. The number of rotatable bonds is 4. The molecule has 130 valence electrons. The first kappa shape index (κ1) is 24.6. The van der Waals surface area contributed by atoms with Crippen molar-refractivity contribution < 1.29 is 0 Å². The molecule has 0 saturated carbocycles. The summed E-state index contributed by atoms with van der Waals surface area (Å²) < 4.78 is 1.01. The second kappa shape index (κ2) is 13.7. The molecule has 0 atom stereocenters. The molecule has 2 radical (unpaired) electrons. The van der Waals surface area contributed by atoms with Gasteiger partial charge in [-0.25, -0.2) is 0 Å². The van der Waals surface area contributed by atoms with E-state index in [0.717, 1.165) is 24.5 Å². The molecule has 0 fully saturated rings. The Balaban J connectivity index is 0.000000443. The van der Waals surface area contributed by atoms with Crippen molar-refractivity contribution in [2.24, 2.45) is 0 Å². The van der Waals surface area contributed by atoms with Crippen LogP contribution in [0.4, 0.5) is 11.4 Å². The maximum absolute atomic E-state index is 4.94. The first-order valence-electron chi connectivity index (χ1n) is 7.58. The van der Waals surface area contributed by atoms with Crippen molar-refractivity contribution in [3.05, 3.63) is 60.7 Å². The molecule has 0 N–H and O–H groups in total. The van der Waals surface area contributed by atoms with Gasteiger partial charge in [-0.15, -0.1) is 0 Å². The first-order chi connectivity index (χ1) is 11.5. The Hall–Kier alpha value is -0.418. The molecule has 0 aliphatic heterocycles. The molecule has 0 aromatic heterocycles. The van der Waals surface area contributed by atoms with E-state index >= 15 is 0 Å². The first-order valence-corrected chi connectivity index (χ1v) is 9.21. The number of benzene rings is 2. The number of hydrogen-bond donors (Lipinski definition) is 0. The number of para-hydroxylation sites is 2. The van der Waals surface area contributed by atoms with Crippen LogP contribution in [-0.2, 0) is 25.3 Å². The Labute approximate surface area is 193 Å². The van der Waals surface area contributed by atoms with E-state index in [-0.39, 0.29) is 27.3 Å². The van der Waals surface area contributed by atoms with Crippen LogP contribution in [0.5, 0.6) is 0 Å². The van der Waals surface area contributed by atoms with Crippen molar-refractivity contribution in [3.8, 4) is 0 Å². The molecule has 7 heteroatoms. The Morgan fingerprint density at radius 3 is 1.20 bits per heavy atom. The van der Waals surface area contributed by atoms with Crippen LogP contribution in [0.1, 0.15) is 13.8 Å². The minimum atomic E-state index is 0. The maximum Gasteiger partial charge on any atom is 2.00 e. The van der Waals surface area contributed by atoms with Gasteiger partial charge in [-0.1, -0.05) is 45.0 Å². The zero-order valence-corrected chi connectivity index (χ0v) is 21.4. The van der Waals surface area contributed by atoms with E-state index in [9.17, 15) is 0 Å². The van der Waals surface area contributed by atoms with Gasteiger partial charge >= 0.3 is 27.3 Å². The molecule has 0 unspecified atom stereocenters. The molecule has 2 nitrogen and oxygen atoms in total. The summed E-state index contributed by atoms with van der Waals surface area (Å²) in [6.07, 6.45) is 0. The van der Waals surface area contributed by atoms with Crippen molar-refractivity contribution in [3.63, 3.8) is 0 Å². The fourth-order valence-electron chi connectivity index (χ4n) is 2.05. The third-order valence-electron chi connectivity index (χ3n) is 3.21. The summed E-state index contributed by atoms with van der Waals surface area (Å²) in [6.45, 7) is 5.72. The van der Waals surface area contributed by atoms with Gasteiger partial charge in [-0.05, 0) is 38.1 Å². The SMILES string of the molecule is CCN(C(=S)[S-])c1ccccc1.CCN(C(=S)[S-])c1ccccc1.[Pb+2]. The van der Waals surface area contributed by atoms with Crippen molar-refractivity contribution in [1.82, 2.24) is 0 Å². The number of hydrogen-bond acceptors (Lipinski definition) is 4. The summed E-state index contributed by atoms with van der Waals surface area (Å²) in [4.78, 5) is 3.84. The third-order valence-corrected chi connectivity index (χ3v) is 4.09. The second-order valence-corrected chi connectivity index (χ2v) is 6.76. The van der Waals surface area contributed by atoms with E-state index in [1.54, 1.807) is 0 Å². The van der Waals surface area contributed by atoms with Crippen LogP contribution in [0.2, 0.25) is 0 Å². The third kappa shape index (κ3) is 8.68. The molecule has 0 bridgehead atoms. The summed E-state index contributed by atoms with van der Waals surface area (Å²) in [5.41, 5.74) is 2.14. The zero-order valence-electron chi connectivity index (χ0n) is 14.2. The maximum atomic E-state index is 4.94. The van der Waals surface area contributed by atoms with Crippen LogP contribution >= 0.6 is 24.4 Å². The van der Waals surface area contributed by atoms with Gasteiger partial charge in [0.15, 0.2) is 0 Å². The van der Waals surface area contributed by atoms with Gasteiger partial charge in [0.2, 0.25) is 0 Å². The number of thiocarbonyl (C=S) groups is 2. The van der Waals surface area contributed by atoms with Crippen molar-refractivity contribution in [2.45, 2.75) is 13.8 Å². The van der Waals surface area contributed by atoms with Gasteiger partial charge in [-0.3, -0.25) is 0 Å². The molecule has 0 saturated heterocycles. The number of nitrogens with zero attached hydrogens (tertiary/aromatic N) is 2. The van der Waals surface area contributed by atoms with Crippen LogP contribution < -0.4 is 9.80 Å². The Kier molecular flexibility index (Phi) is 13.5. The monoisotopic (exact) mass is 600 g/mol. The van der Waals surface area contributed by atoms with Crippen LogP contribution in [-0.4, -0.2) is 49.0 Å². The zero-order chi connectivity index (χ0) is 17.9. The summed E-state index contributed by atoms with van der Waals surface area (Å²) in [6, 6.07) is 19.9. The second-order valence-electron chi connectivity index (χ2n) is 4.69. The van der Waals surface area contributed by atoms with Crippen LogP contribution in [0.25, 0.3) is 0 Å². The van der Waals surface area contributed by atoms with Crippen molar-refractivity contribution in [1.29, 1.82) is 0 Å². The average molecular weight is 600 g/mol. The van der Waals surface area contributed by atoms with Gasteiger partial charge in [-0.2, -0.15) is 0 Å². The standard InChI is InChI=1S/2C9H11NS2.Pb/c2*1-2-10(9(11)12)8-6-4-3-5-7-8;/h2*3-7H,2H2,1H3,(H,11,12);/q;;+2/p-2. The molecule has 2 aromatic rings. The largest absolute Gasteiger partial charge is 2.00 e. The fourth-order valence-corrected chi connectivity index (χ4v) is 2.99. The van der Waals surface area contributed by atoms with E-state index in [4.69, 9.17) is 49.7 Å². The molecular weight excluding hydrogens is 580 g/mol. The van der Waals surface area contributed by atoms with Crippen LogP contribution in [0, 0.1) is 0 Å². The Morgan fingerprint density at radius 2 is 1.00 bits per heavy atom. The predicted octanol–water partition coefficient (Wildman–Crippen LogP) is 4.31. The van der Waals surface area contributed by atoms with Gasteiger partial charge in [0.25, 0.3) is 0 Å². The van der Waals surface area contributed by atoms with Crippen molar-refractivity contribution in [2.75, 3.05) is 22.9 Å². The molecule has 0 aliphatic rings. The summed E-state index contributed by atoms with van der Waals surface area (Å²) >= 11 is 19.8. The summed E-state index contributed by atoms with van der Waals surface area (Å²) in [5, 5.41) is 0. The molecule has 0 aliphatic carbocycles. The summed E-state index contributed by atoms with van der Waals surface area (Å²) in [5.74, 6) is 0. The van der Waals surface area contributed by atoms with Crippen LogP contribution in [0.15, 0.2) is 60.7 Å². The van der Waals surface area contributed by atoms with Gasteiger partial charge in [0.1, 0.15) is 0 Å². The van der Waals surface area contributed by atoms with E-state index in [1.807, 2.05) is 84.3 Å². The summed E-state index contributed by atoms with van der Waals surface area (Å²) in [7, 11) is 0. The molecule has 2 rings (SSSR count). The van der Waals surface area contributed by atoms with E-state index in [2.05, 4.69) is 0 Å². The number of anilines is 2. The van der Waals surface area contributed by atoms with Gasteiger partial charge < -0.3 is 59.5 Å². The molecule has 25 heavy (non-hydrogen) atoms. The Bertz CT molecular complexity index is 581. The average Bonchev–Trinajstić information content (AvgIpc) is 2.58.